The molecule has 3 aromatic rings. The largest absolute Gasteiger partial charge is 0.481 e. The number of fused-ring (bicyclic) bond motifs is 1. The molecule has 1 aromatic heterocycles. The fraction of sp³-hybridized carbons (Fsp3) is 0.182. The lowest BCUT2D eigenvalue weighted by molar-refractivity contribution is -0.138. The van der Waals surface area contributed by atoms with Crippen molar-refractivity contribution in [2.45, 2.75) is 19.8 Å². The lowest BCUT2D eigenvalue weighted by Gasteiger charge is -2.18. The predicted octanol–water partition coefficient (Wildman–Crippen LogP) is 4.24. The van der Waals surface area contributed by atoms with E-state index in [4.69, 9.17) is 14.7 Å². The first-order chi connectivity index (χ1) is 13.5. The van der Waals surface area contributed by atoms with Crippen LogP contribution in [0.2, 0.25) is 0 Å². The standard InChI is InChI=1S/C22H18N2O4/c1-13-9-15(11-23)3-5-17(13)24-18(14(2)22(25)26)6-7-19(24)16-4-8-20-21(10-16)28-12-27-20/h3-10,14H,12H2,1-2H3,(H,25,26). The third-order valence-corrected chi connectivity index (χ3v) is 4.96. The number of rotatable bonds is 4. The Hall–Kier alpha value is -3.72. The highest BCUT2D eigenvalue weighted by atomic mass is 16.7. The van der Waals surface area contributed by atoms with Crippen molar-refractivity contribution >= 4 is 5.97 Å². The Balaban J connectivity index is 1.93. The van der Waals surface area contributed by atoms with Gasteiger partial charge < -0.3 is 19.1 Å². The van der Waals surface area contributed by atoms with Crippen LogP contribution in [0.4, 0.5) is 0 Å². The Morgan fingerprint density at radius 2 is 1.93 bits per heavy atom. The summed E-state index contributed by atoms with van der Waals surface area (Å²) in [5, 5.41) is 18.7. The number of hydrogen-bond donors (Lipinski definition) is 1. The fourth-order valence-corrected chi connectivity index (χ4v) is 3.44. The highest BCUT2D eigenvalue weighted by Crippen LogP contribution is 2.38. The van der Waals surface area contributed by atoms with E-state index >= 15 is 0 Å². The molecule has 6 nitrogen and oxygen atoms in total. The quantitative estimate of drug-likeness (QED) is 0.738. The molecule has 2 aromatic carbocycles. The maximum atomic E-state index is 11.7. The van der Waals surface area contributed by atoms with Gasteiger partial charge >= 0.3 is 5.97 Å². The van der Waals surface area contributed by atoms with Crippen molar-refractivity contribution in [1.82, 2.24) is 4.57 Å². The van der Waals surface area contributed by atoms with Gasteiger partial charge in [0.25, 0.3) is 0 Å². The summed E-state index contributed by atoms with van der Waals surface area (Å²) < 4.78 is 12.8. The Morgan fingerprint density at radius 1 is 1.14 bits per heavy atom. The minimum atomic E-state index is -0.900. The number of carboxylic acids is 1. The normalized spacial score (nSPS) is 13.2. The van der Waals surface area contributed by atoms with E-state index in [0.717, 1.165) is 22.5 Å². The molecule has 1 N–H and O–H groups in total. The van der Waals surface area contributed by atoms with Crippen LogP contribution in [0.15, 0.2) is 48.5 Å². The highest BCUT2D eigenvalue weighted by molar-refractivity contribution is 5.77. The number of nitriles is 1. The van der Waals surface area contributed by atoms with Crippen molar-refractivity contribution in [3.05, 3.63) is 65.4 Å². The monoisotopic (exact) mass is 374 g/mol. The molecule has 1 aliphatic heterocycles. The molecule has 2 heterocycles. The summed E-state index contributed by atoms with van der Waals surface area (Å²) in [6, 6.07) is 16.9. The molecule has 4 rings (SSSR count). The van der Waals surface area contributed by atoms with Crippen LogP contribution >= 0.6 is 0 Å². The van der Waals surface area contributed by atoms with Crippen molar-refractivity contribution in [1.29, 1.82) is 5.26 Å². The first-order valence-corrected chi connectivity index (χ1v) is 8.85. The summed E-state index contributed by atoms with van der Waals surface area (Å²) in [6.07, 6.45) is 0. The Bertz CT molecular complexity index is 1120. The van der Waals surface area contributed by atoms with Crippen molar-refractivity contribution in [3.8, 4) is 34.5 Å². The van der Waals surface area contributed by atoms with Crippen LogP contribution in [0.5, 0.6) is 11.5 Å². The van der Waals surface area contributed by atoms with Gasteiger partial charge in [0.15, 0.2) is 11.5 Å². The Kier molecular flexibility index (Phi) is 4.28. The summed E-state index contributed by atoms with van der Waals surface area (Å²) in [4.78, 5) is 11.7. The van der Waals surface area contributed by atoms with Crippen LogP contribution in [0.3, 0.4) is 0 Å². The van der Waals surface area contributed by atoms with E-state index in [1.165, 1.54) is 0 Å². The Labute approximate surface area is 162 Å². The zero-order chi connectivity index (χ0) is 19.8. The molecule has 0 saturated heterocycles. The van der Waals surface area contributed by atoms with Gasteiger partial charge in [-0.1, -0.05) is 0 Å². The molecule has 0 fully saturated rings. The molecule has 1 unspecified atom stereocenters. The van der Waals surface area contributed by atoms with Gasteiger partial charge in [0.2, 0.25) is 6.79 Å². The summed E-state index contributed by atoms with van der Waals surface area (Å²) in [6.45, 7) is 3.77. The second-order valence-electron chi connectivity index (χ2n) is 6.72. The van der Waals surface area contributed by atoms with E-state index < -0.39 is 11.9 Å². The first-order valence-electron chi connectivity index (χ1n) is 8.85. The van der Waals surface area contributed by atoms with Gasteiger partial charge in [0.05, 0.1) is 23.2 Å². The number of aliphatic carboxylic acids is 1. The lowest BCUT2D eigenvalue weighted by atomic mass is 10.1. The van der Waals surface area contributed by atoms with Crippen LogP contribution in [0.1, 0.15) is 29.7 Å². The summed E-state index contributed by atoms with van der Waals surface area (Å²) >= 11 is 0. The number of carboxylic acid groups (broad SMARTS) is 1. The molecule has 0 saturated carbocycles. The molecular formula is C22H18N2O4. The van der Waals surface area contributed by atoms with E-state index in [0.29, 0.717) is 22.8 Å². The Morgan fingerprint density at radius 3 is 2.64 bits per heavy atom. The molecule has 0 radical (unpaired) electrons. The lowest BCUT2D eigenvalue weighted by Crippen LogP contribution is -2.13. The molecule has 140 valence electrons. The maximum absolute atomic E-state index is 11.7. The number of benzene rings is 2. The van der Waals surface area contributed by atoms with Crippen LogP contribution in [-0.4, -0.2) is 22.4 Å². The van der Waals surface area contributed by atoms with E-state index in [-0.39, 0.29) is 6.79 Å². The third kappa shape index (κ3) is 2.87. The molecule has 0 amide bonds. The van der Waals surface area contributed by atoms with E-state index in [1.54, 1.807) is 19.1 Å². The number of aromatic nitrogens is 1. The minimum absolute atomic E-state index is 0.190. The van der Waals surface area contributed by atoms with Gasteiger partial charge in [-0.15, -0.1) is 0 Å². The van der Waals surface area contributed by atoms with Crippen LogP contribution in [0, 0.1) is 18.3 Å². The van der Waals surface area contributed by atoms with Gasteiger partial charge in [0, 0.05) is 16.9 Å². The van der Waals surface area contributed by atoms with Gasteiger partial charge in [-0.2, -0.15) is 5.26 Å². The number of hydrogen-bond acceptors (Lipinski definition) is 4. The average molecular weight is 374 g/mol. The fourth-order valence-electron chi connectivity index (χ4n) is 3.44. The van der Waals surface area contributed by atoms with Gasteiger partial charge in [-0.3, -0.25) is 4.79 Å². The van der Waals surface area contributed by atoms with Gasteiger partial charge in [-0.05, 0) is 67.9 Å². The molecule has 1 aliphatic rings. The van der Waals surface area contributed by atoms with Crippen molar-refractivity contribution in [2.75, 3.05) is 6.79 Å². The second kappa shape index (κ2) is 6.78. The number of nitrogens with zero attached hydrogens (tertiary/aromatic N) is 2. The second-order valence-corrected chi connectivity index (χ2v) is 6.72. The topological polar surface area (TPSA) is 84.5 Å². The molecule has 1 atom stereocenters. The SMILES string of the molecule is Cc1cc(C#N)ccc1-n1c(-c2ccc3c(c2)OCO3)ccc1C(C)C(=O)O. The third-order valence-electron chi connectivity index (χ3n) is 4.96. The average Bonchev–Trinajstić information content (AvgIpc) is 3.33. The number of aryl methyl sites for hydroxylation is 1. The van der Waals surface area contributed by atoms with E-state index in [2.05, 4.69) is 6.07 Å². The van der Waals surface area contributed by atoms with E-state index in [1.807, 2.05) is 47.9 Å². The van der Waals surface area contributed by atoms with Crippen molar-refractivity contribution < 1.29 is 19.4 Å². The van der Waals surface area contributed by atoms with Crippen LogP contribution < -0.4 is 9.47 Å². The van der Waals surface area contributed by atoms with Crippen molar-refractivity contribution in [2.24, 2.45) is 0 Å². The molecule has 28 heavy (non-hydrogen) atoms. The molecule has 0 aliphatic carbocycles. The van der Waals surface area contributed by atoms with Crippen LogP contribution in [-0.2, 0) is 4.79 Å². The first kappa shape index (κ1) is 17.7. The van der Waals surface area contributed by atoms with Gasteiger partial charge in [-0.25, -0.2) is 0 Å². The zero-order valence-electron chi connectivity index (χ0n) is 15.5. The minimum Gasteiger partial charge on any atom is -0.481 e. The van der Waals surface area contributed by atoms with E-state index in [9.17, 15) is 9.90 Å². The number of ether oxygens (including phenoxy) is 2. The molecule has 6 heteroatoms. The maximum Gasteiger partial charge on any atom is 0.312 e. The smallest absolute Gasteiger partial charge is 0.312 e. The molecule has 0 bridgehead atoms. The number of carbonyl (C=O) groups is 1. The molecular weight excluding hydrogens is 356 g/mol. The summed E-state index contributed by atoms with van der Waals surface area (Å²) in [5.74, 6) is -0.245. The zero-order valence-corrected chi connectivity index (χ0v) is 15.5. The van der Waals surface area contributed by atoms with Crippen molar-refractivity contribution in [3.63, 3.8) is 0 Å². The highest BCUT2D eigenvalue weighted by Gasteiger charge is 2.23. The summed E-state index contributed by atoms with van der Waals surface area (Å²) in [5.41, 5.74) is 4.67. The summed E-state index contributed by atoms with van der Waals surface area (Å²) in [7, 11) is 0. The molecule has 0 spiro atoms. The predicted molar refractivity (Wildman–Crippen MR) is 103 cm³/mol. The van der Waals surface area contributed by atoms with Crippen LogP contribution in [0.25, 0.3) is 16.9 Å². The van der Waals surface area contributed by atoms with Gasteiger partial charge in [0.1, 0.15) is 0 Å².